The van der Waals surface area contributed by atoms with E-state index in [0.29, 0.717) is 23.0 Å². The summed E-state index contributed by atoms with van der Waals surface area (Å²) in [4.78, 5) is 15.5. The van der Waals surface area contributed by atoms with Crippen LogP contribution in [0.5, 0.6) is 0 Å². The summed E-state index contributed by atoms with van der Waals surface area (Å²) in [6, 6.07) is 0. The number of nitrogens with zero attached hydrogens (tertiary/aromatic N) is 3. The zero-order valence-corrected chi connectivity index (χ0v) is 12.8. The third kappa shape index (κ3) is 3.09. The van der Waals surface area contributed by atoms with Crippen LogP contribution in [0.4, 0.5) is 0 Å². The SMILES string of the molecule is CC(C)c1nnsc1C(=O)N1CCC(C(N)=S)CC1. The minimum absolute atomic E-state index is 0.0417. The highest BCUT2D eigenvalue weighted by Crippen LogP contribution is 2.24. The Bertz CT molecular complexity index is 478. The first-order chi connectivity index (χ1) is 9.00. The van der Waals surface area contributed by atoms with Gasteiger partial charge in [0.15, 0.2) is 0 Å². The van der Waals surface area contributed by atoms with E-state index in [9.17, 15) is 4.79 Å². The van der Waals surface area contributed by atoms with Gasteiger partial charge in [0, 0.05) is 19.0 Å². The van der Waals surface area contributed by atoms with Crippen molar-refractivity contribution in [2.75, 3.05) is 13.1 Å². The van der Waals surface area contributed by atoms with Gasteiger partial charge in [-0.05, 0) is 30.3 Å². The number of hydrogen-bond donors (Lipinski definition) is 1. The van der Waals surface area contributed by atoms with Crippen molar-refractivity contribution in [3.05, 3.63) is 10.6 Å². The number of rotatable bonds is 3. The van der Waals surface area contributed by atoms with Crippen LogP contribution in [0.1, 0.15) is 48.0 Å². The molecule has 2 N–H and O–H groups in total. The smallest absolute Gasteiger partial charge is 0.267 e. The van der Waals surface area contributed by atoms with E-state index in [4.69, 9.17) is 18.0 Å². The first kappa shape index (κ1) is 14.3. The maximum atomic E-state index is 12.5. The fourth-order valence-electron chi connectivity index (χ4n) is 2.23. The Morgan fingerprint density at radius 2 is 2.11 bits per heavy atom. The fraction of sp³-hybridized carbons (Fsp3) is 0.667. The number of hydrogen-bond acceptors (Lipinski definition) is 5. The molecule has 0 bridgehead atoms. The molecular weight excluding hydrogens is 280 g/mol. The number of piperidine rings is 1. The Kier molecular flexibility index (Phi) is 4.46. The third-order valence-corrected chi connectivity index (χ3v) is 4.50. The van der Waals surface area contributed by atoms with Crippen molar-refractivity contribution in [2.45, 2.75) is 32.6 Å². The highest BCUT2D eigenvalue weighted by molar-refractivity contribution is 7.80. The van der Waals surface area contributed by atoms with Crippen LogP contribution in [0, 0.1) is 5.92 Å². The molecule has 0 aliphatic carbocycles. The molecule has 2 heterocycles. The summed E-state index contributed by atoms with van der Waals surface area (Å²) in [6.45, 7) is 5.45. The van der Waals surface area contributed by atoms with Gasteiger partial charge in [0.05, 0.1) is 10.7 Å². The van der Waals surface area contributed by atoms with Crippen LogP contribution >= 0.6 is 23.8 Å². The molecule has 5 nitrogen and oxygen atoms in total. The molecule has 1 aliphatic heterocycles. The molecule has 2 rings (SSSR count). The van der Waals surface area contributed by atoms with E-state index in [2.05, 4.69) is 9.59 Å². The van der Waals surface area contributed by atoms with Gasteiger partial charge >= 0.3 is 0 Å². The number of nitrogens with two attached hydrogens (primary N) is 1. The number of amides is 1. The lowest BCUT2D eigenvalue weighted by Gasteiger charge is -2.31. The number of carbonyl (C=O) groups excluding carboxylic acids is 1. The Morgan fingerprint density at radius 3 is 2.63 bits per heavy atom. The van der Waals surface area contributed by atoms with Crippen molar-refractivity contribution < 1.29 is 4.79 Å². The first-order valence-electron chi connectivity index (χ1n) is 6.41. The zero-order chi connectivity index (χ0) is 14.0. The number of thiocarbonyl (C=S) groups is 1. The molecule has 1 saturated heterocycles. The Labute approximate surface area is 122 Å². The van der Waals surface area contributed by atoms with E-state index in [1.807, 2.05) is 18.7 Å². The number of aromatic nitrogens is 2. The molecule has 0 aromatic carbocycles. The van der Waals surface area contributed by atoms with E-state index < -0.39 is 0 Å². The van der Waals surface area contributed by atoms with E-state index in [0.717, 1.165) is 18.5 Å². The fourth-order valence-corrected chi connectivity index (χ4v) is 3.26. The summed E-state index contributed by atoms with van der Waals surface area (Å²) in [5.74, 6) is 0.523. The molecule has 1 amide bonds. The predicted molar refractivity (Wildman–Crippen MR) is 79.4 cm³/mol. The summed E-state index contributed by atoms with van der Waals surface area (Å²) >= 11 is 6.19. The summed E-state index contributed by atoms with van der Waals surface area (Å²) in [5.41, 5.74) is 6.45. The van der Waals surface area contributed by atoms with Crippen LogP contribution in [-0.2, 0) is 0 Å². The molecule has 1 aromatic heterocycles. The molecule has 1 fully saturated rings. The normalized spacial score (nSPS) is 16.9. The Morgan fingerprint density at radius 1 is 1.47 bits per heavy atom. The summed E-state index contributed by atoms with van der Waals surface area (Å²) in [6.07, 6.45) is 1.70. The van der Waals surface area contributed by atoms with Crippen LogP contribution in [0.2, 0.25) is 0 Å². The molecule has 0 unspecified atom stereocenters. The van der Waals surface area contributed by atoms with E-state index in [-0.39, 0.29) is 17.7 Å². The van der Waals surface area contributed by atoms with Crippen molar-refractivity contribution in [3.63, 3.8) is 0 Å². The Hall–Kier alpha value is -1.08. The molecule has 0 spiro atoms. The summed E-state index contributed by atoms with van der Waals surface area (Å²) in [7, 11) is 0. The van der Waals surface area contributed by atoms with Crippen molar-refractivity contribution in [1.29, 1.82) is 0 Å². The lowest BCUT2D eigenvalue weighted by atomic mass is 9.96. The summed E-state index contributed by atoms with van der Waals surface area (Å²) < 4.78 is 3.91. The van der Waals surface area contributed by atoms with Gasteiger partial charge < -0.3 is 10.6 Å². The third-order valence-electron chi connectivity index (χ3n) is 3.44. The number of likely N-dealkylation sites (tertiary alicyclic amines) is 1. The first-order valence-corrected chi connectivity index (χ1v) is 7.59. The van der Waals surface area contributed by atoms with Crippen LogP contribution in [-0.4, -0.2) is 38.5 Å². The maximum absolute atomic E-state index is 12.5. The average Bonchev–Trinajstić information content (AvgIpc) is 2.87. The minimum atomic E-state index is 0.0417. The van der Waals surface area contributed by atoms with Gasteiger partial charge in [-0.15, -0.1) is 5.10 Å². The van der Waals surface area contributed by atoms with Crippen LogP contribution < -0.4 is 5.73 Å². The molecular formula is C12H18N4OS2. The second-order valence-corrected chi connectivity index (χ2v) is 6.34. The van der Waals surface area contributed by atoms with Crippen LogP contribution in [0.25, 0.3) is 0 Å². The van der Waals surface area contributed by atoms with Gasteiger partial charge in [0.1, 0.15) is 4.88 Å². The lowest BCUT2D eigenvalue weighted by Crippen LogP contribution is -2.41. The van der Waals surface area contributed by atoms with Gasteiger partial charge in [-0.2, -0.15) is 0 Å². The van der Waals surface area contributed by atoms with Gasteiger partial charge in [0.2, 0.25) is 0 Å². The maximum Gasteiger partial charge on any atom is 0.267 e. The largest absolute Gasteiger partial charge is 0.393 e. The molecule has 19 heavy (non-hydrogen) atoms. The monoisotopic (exact) mass is 298 g/mol. The highest BCUT2D eigenvalue weighted by Gasteiger charge is 2.28. The molecule has 0 atom stereocenters. The van der Waals surface area contributed by atoms with Crippen molar-refractivity contribution >= 4 is 34.6 Å². The quantitative estimate of drug-likeness (QED) is 0.862. The zero-order valence-electron chi connectivity index (χ0n) is 11.1. The van der Waals surface area contributed by atoms with Gasteiger partial charge in [-0.1, -0.05) is 30.6 Å². The number of carbonyl (C=O) groups is 1. The molecule has 1 aromatic rings. The molecule has 0 saturated carbocycles. The lowest BCUT2D eigenvalue weighted by molar-refractivity contribution is 0.0713. The van der Waals surface area contributed by atoms with E-state index in [1.165, 1.54) is 11.5 Å². The topological polar surface area (TPSA) is 72.1 Å². The standard InChI is InChI=1S/C12H18N4OS2/c1-7(2)9-10(19-15-14-9)12(17)16-5-3-8(4-6-16)11(13)18/h7-8H,3-6H2,1-2H3,(H2,13,18). The van der Waals surface area contributed by atoms with Crippen LogP contribution in [0.15, 0.2) is 0 Å². The van der Waals surface area contributed by atoms with Gasteiger partial charge in [0.25, 0.3) is 5.91 Å². The molecule has 0 radical (unpaired) electrons. The van der Waals surface area contributed by atoms with E-state index >= 15 is 0 Å². The average molecular weight is 298 g/mol. The van der Waals surface area contributed by atoms with Crippen molar-refractivity contribution in [1.82, 2.24) is 14.5 Å². The highest BCUT2D eigenvalue weighted by atomic mass is 32.1. The minimum Gasteiger partial charge on any atom is -0.393 e. The molecule has 104 valence electrons. The van der Waals surface area contributed by atoms with Gasteiger partial charge in [-0.3, -0.25) is 4.79 Å². The second-order valence-electron chi connectivity index (χ2n) is 5.11. The van der Waals surface area contributed by atoms with Gasteiger partial charge in [-0.25, -0.2) is 0 Å². The van der Waals surface area contributed by atoms with Crippen LogP contribution in [0.3, 0.4) is 0 Å². The second kappa shape index (κ2) is 5.92. The predicted octanol–water partition coefficient (Wildman–Crippen LogP) is 1.80. The molecule has 1 aliphatic rings. The van der Waals surface area contributed by atoms with Crippen molar-refractivity contribution in [3.8, 4) is 0 Å². The molecule has 7 heteroatoms. The Balaban J connectivity index is 2.05. The van der Waals surface area contributed by atoms with Crippen molar-refractivity contribution in [2.24, 2.45) is 11.7 Å². The van der Waals surface area contributed by atoms with E-state index in [1.54, 1.807) is 0 Å². The summed E-state index contributed by atoms with van der Waals surface area (Å²) in [5, 5.41) is 4.06.